The number of hydrogen-bond donors (Lipinski definition) is 0. The van der Waals surface area contributed by atoms with Crippen LogP contribution in [0.4, 0.5) is 0 Å². The van der Waals surface area contributed by atoms with Gasteiger partial charge in [0.15, 0.2) is 16.8 Å². The Bertz CT molecular complexity index is 1090. The fourth-order valence-corrected chi connectivity index (χ4v) is 2.42. The van der Waals surface area contributed by atoms with Gasteiger partial charge < -0.3 is 8.83 Å². The van der Waals surface area contributed by atoms with Crippen molar-refractivity contribution in [2.75, 3.05) is 0 Å². The third-order valence-corrected chi connectivity index (χ3v) is 3.42. The van der Waals surface area contributed by atoms with Gasteiger partial charge in [-0.05, 0) is 30.7 Å². The molecule has 5 nitrogen and oxygen atoms in total. The second-order valence-corrected chi connectivity index (χ2v) is 4.91. The van der Waals surface area contributed by atoms with Crippen molar-refractivity contribution in [3.8, 4) is 11.5 Å². The average Bonchev–Trinajstić information content (AvgIpc) is 2.43. The van der Waals surface area contributed by atoms with E-state index in [4.69, 9.17) is 8.83 Å². The number of rotatable bonds is 0. The molecule has 2 aromatic rings. The van der Waals surface area contributed by atoms with E-state index in [1.54, 1.807) is 12.1 Å². The van der Waals surface area contributed by atoms with Gasteiger partial charge >= 0.3 is 5.63 Å². The van der Waals surface area contributed by atoms with Gasteiger partial charge in [0.25, 0.3) is 0 Å². The summed E-state index contributed by atoms with van der Waals surface area (Å²) >= 11 is 0. The molecule has 0 unspecified atom stereocenters. The molecule has 2 heterocycles. The lowest BCUT2D eigenvalue weighted by molar-refractivity contribution is 0.557. The predicted molar refractivity (Wildman–Crippen MR) is 77.7 cm³/mol. The second-order valence-electron chi connectivity index (χ2n) is 4.91. The van der Waals surface area contributed by atoms with E-state index in [0.29, 0.717) is 28.1 Å². The third-order valence-electron chi connectivity index (χ3n) is 3.42. The molecular weight excluding hydrogens is 270 g/mol. The van der Waals surface area contributed by atoms with E-state index < -0.39 is 5.63 Å². The van der Waals surface area contributed by atoms with Crippen molar-refractivity contribution in [3.63, 3.8) is 0 Å². The molecular formula is C16H9NO4. The van der Waals surface area contributed by atoms with Crippen LogP contribution in [0.15, 0.2) is 54.8 Å². The number of fused-ring (bicyclic) bond motifs is 3. The molecule has 4 rings (SSSR count). The summed E-state index contributed by atoms with van der Waals surface area (Å²) in [4.78, 5) is 27.3. The SMILES string of the molecule is Cc1cc(=O)oc2cc3oc4cc(=O)ccc-4nc3cc12. The Morgan fingerprint density at radius 1 is 0.952 bits per heavy atom. The Morgan fingerprint density at radius 3 is 2.67 bits per heavy atom. The Labute approximate surface area is 117 Å². The van der Waals surface area contributed by atoms with Gasteiger partial charge in [-0.25, -0.2) is 9.78 Å². The molecule has 0 saturated heterocycles. The molecule has 102 valence electrons. The van der Waals surface area contributed by atoms with Crippen molar-refractivity contribution in [2.45, 2.75) is 6.92 Å². The monoisotopic (exact) mass is 279 g/mol. The molecule has 0 atom stereocenters. The quantitative estimate of drug-likeness (QED) is 0.365. The molecule has 5 heteroatoms. The number of nitrogens with zero attached hydrogens (tertiary/aromatic N) is 1. The molecule has 0 fully saturated rings. The Kier molecular flexibility index (Phi) is 2.27. The Hall–Kier alpha value is -2.95. The molecule has 0 bridgehead atoms. The van der Waals surface area contributed by atoms with Gasteiger partial charge in [0, 0.05) is 23.6 Å². The molecule has 2 aliphatic rings. The molecule has 0 radical (unpaired) electrons. The number of hydrogen-bond acceptors (Lipinski definition) is 5. The Balaban J connectivity index is 2.19. The van der Waals surface area contributed by atoms with Crippen molar-refractivity contribution in [3.05, 3.63) is 62.6 Å². The van der Waals surface area contributed by atoms with Crippen LogP contribution in [0.3, 0.4) is 0 Å². The van der Waals surface area contributed by atoms with Crippen LogP contribution < -0.4 is 11.1 Å². The highest BCUT2D eigenvalue weighted by Gasteiger charge is 2.12. The van der Waals surface area contributed by atoms with Gasteiger partial charge in [0.1, 0.15) is 16.8 Å². The minimum absolute atomic E-state index is 0.143. The van der Waals surface area contributed by atoms with Crippen molar-refractivity contribution >= 4 is 22.1 Å². The van der Waals surface area contributed by atoms with Crippen molar-refractivity contribution < 1.29 is 8.83 Å². The molecule has 1 aromatic heterocycles. The first-order valence-electron chi connectivity index (χ1n) is 6.39. The highest BCUT2D eigenvalue weighted by atomic mass is 16.4. The van der Waals surface area contributed by atoms with Gasteiger partial charge in [-0.3, -0.25) is 4.79 Å². The lowest BCUT2D eigenvalue weighted by Gasteiger charge is -2.07. The summed E-state index contributed by atoms with van der Waals surface area (Å²) < 4.78 is 10.9. The molecule has 1 aliphatic carbocycles. The van der Waals surface area contributed by atoms with Crippen molar-refractivity contribution in [2.24, 2.45) is 0 Å². The molecule has 1 aromatic carbocycles. The zero-order valence-electron chi connectivity index (χ0n) is 11.0. The lowest BCUT2D eigenvalue weighted by Crippen LogP contribution is -2.00. The maximum Gasteiger partial charge on any atom is 0.336 e. The molecule has 0 N–H and O–H groups in total. The van der Waals surface area contributed by atoms with Crippen molar-refractivity contribution in [1.29, 1.82) is 0 Å². The highest BCUT2D eigenvalue weighted by Crippen LogP contribution is 2.27. The van der Waals surface area contributed by atoms with Crippen LogP contribution in [0.2, 0.25) is 0 Å². The van der Waals surface area contributed by atoms with Crippen LogP contribution >= 0.6 is 0 Å². The first-order chi connectivity index (χ1) is 10.1. The van der Waals surface area contributed by atoms with Crippen LogP contribution in [0.25, 0.3) is 33.5 Å². The summed E-state index contributed by atoms with van der Waals surface area (Å²) in [5.41, 5.74) is 2.43. The van der Waals surface area contributed by atoms with E-state index in [9.17, 15) is 9.59 Å². The van der Waals surface area contributed by atoms with Gasteiger partial charge in [-0.15, -0.1) is 0 Å². The smallest absolute Gasteiger partial charge is 0.336 e. The summed E-state index contributed by atoms with van der Waals surface area (Å²) in [6.07, 6.45) is 0. The van der Waals surface area contributed by atoms with E-state index in [-0.39, 0.29) is 5.43 Å². The predicted octanol–water partition coefficient (Wildman–Crippen LogP) is 2.71. The molecule has 21 heavy (non-hydrogen) atoms. The zero-order valence-corrected chi connectivity index (χ0v) is 11.0. The van der Waals surface area contributed by atoms with Crippen LogP contribution in [0.5, 0.6) is 0 Å². The van der Waals surface area contributed by atoms with Gasteiger partial charge in [0.2, 0.25) is 0 Å². The number of benzene rings is 2. The van der Waals surface area contributed by atoms with E-state index >= 15 is 0 Å². The summed E-state index contributed by atoms with van der Waals surface area (Å²) in [5, 5.41) is 0.810. The normalized spacial score (nSPS) is 11.5. The second kappa shape index (κ2) is 4.02. The Morgan fingerprint density at radius 2 is 1.81 bits per heavy atom. The maximum atomic E-state index is 11.4. The number of aromatic nitrogens is 1. The lowest BCUT2D eigenvalue weighted by atomic mass is 10.1. The first-order valence-corrected chi connectivity index (χ1v) is 6.39. The topological polar surface area (TPSA) is 73.3 Å². The van der Waals surface area contributed by atoms with Gasteiger partial charge in [0.05, 0.1) is 0 Å². The first kappa shape index (κ1) is 11.8. The van der Waals surface area contributed by atoms with Crippen molar-refractivity contribution in [1.82, 2.24) is 4.98 Å². The average molecular weight is 279 g/mol. The molecule has 0 spiro atoms. The number of aryl methyl sites for hydroxylation is 1. The summed E-state index contributed by atoms with van der Waals surface area (Å²) in [5.74, 6) is 0.407. The molecule has 0 saturated carbocycles. The van der Waals surface area contributed by atoms with E-state index in [1.807, 2.05) is 13.0 Å². The fourth-order valence-electron chi connectivity index (χ4n) is 2.42. The largest absolute Gasteiger partial charge is 0.453 e. The standard InChI is InChI=1S/C16H9NO4/c1-8-4-16(19)21-13-7-15-12(6-10(8)13)17-11-3-2-9(18)5-14(11)20-15/h2-7H,1H3. The summed E-state index contributed by atoms with van der Waals surface area (Å²) in [6, 6.07) is 9.35. The van der Waals surface area contributed by atoms with Crippen LogP contribution in [-0.2, 0) is 0 Å². The minimum Gasteiger partial charge on any atom is -0.453 e. The third kappa shape index (κ3) is 1.82. The van der Waals surface area contributed by atoms with Crippen LogP contribution in [-0.4, -0.2) is 4.98 Å². The van der Waals surface area contributed by atoms with E-state index in [2.05, 4.69) is 4.98 Å². The summed E-state index contributed by atoms with van der Waals surface area (Å²) in [6.45, 7) is 1.84. The molecule has 0 amide bonds. The van der Waals surface area contributed by atoms with Gasteiger partial charge in [-0.1, -0.05) is 0 Å². The van der Waals surface area contributed by atoms with Crippen LogP contribution in [0, 0.1) is 6.92 Å². The van der Waals surface area contributed by atoms with Gasteiger partial charge in [-0.2, -0.15) is 0 Å². The van der Waals surface area contributed by atoms with E-state index in [1.165, 1.54) is 18.2 Å². The molecule has 1 aliphatic heterocycles. The summed E-state index contributed by atoms with van der Waals surface area (Å²) in [7, 11) is 0. The van der Waals surface area contributed by atoms with E-state index in [0.717, 1.165) is 10.9 Å². The minimum atomic E-state index is -0.407. The van der Waals surface area contributed by atoms with Crippen LogP contribution in [0.1, 0.15) is 5.56 Å². The fraction of sp³-hybridized carbons (Fsp3) is 0.0625. The maximum absolute atomic E-state index is 11.4. The zero-order chi connectivity index (χ0) is 14.6. The highest BCUT2D eigenvalue weighted by molar-refractivity contribution is 5.93.